The molecule has 2 aromatic heterocycles. The standard InChI is InChI=1S/C22H24BrN7O5S2/c23-14-5-7-15(8-6-14)37(34,35)29-17-4-2-11-30(21(17)33)13-18(31)28-16(3-1-9-27-22(24)25)19(32)20-26-10-12-36-20/h2,4-8,10-12,16,29H,1,3,9,13H2,(H,28,31)(H4,24,25,27)/t16-/m0/s1. The Labute approximate surface area is 225 Å². The number of amides is 1. The van der Waals surface area contributed by atoms with E-state index in [2.05, 4.69) is 35.9 Å². The van der Waals surface area contributed by atoms with Crippen molar-refractivity contribution in [3.8, 4) is 0 Å². The number of halogens is 1. The average molecular weight is 611 g/mol. The molecule has 0 bridgehead atoms. The third-order valence-electron chi connectivity index (χ3n) is 4.94. The molecule has 1 atom stereocenters. The lowest BCUT2D eigenvalue weighted by molar-refractivity contribution is -0.122. The predicted octanol–water partition coefficient (Wildman–Crippen LogP) is 1.29. The van der Waals surface area contributed by atoms with Gasteiger partial charge in [-0.15, -0.1) is 11.3 Å². The second kappa shape index (κ2) is 12.6. The number of sulfonamides is 1. The van der Waals surface area contributed by atoms with Crippen molar-refractivity contribution in [2.45, 2.75) is 30.3 Å². The molecule has 196 valence electrons. The highest BCUT2D eigenvalue weighted by Gasteiger charge is 2.24. The summed E-state index contributed by atoms with van der Waals surface area (Å²) < 4.78 is 29.3. The summed E-state index contributed by atoms with van der Waals surface area (Å²) in [6, 6.07) is 7.70. The van der Waals surface area contributed by atoms with Crippen LogP contribution in [0, 0.1) is 0 Å². The maximum atomic E-state index is 12.9. The van der Waals surface area contributed by atoms with E-state index in [1.807, 2.05) is 0 Å². The Bertz CT molecular complexity index is 1430. The minimum Gasteiger partial charge on any atom is -0.370 e. The van der Waals surface area contributed by atoms with Gasteiger partial charge in [0.15, 0.2) is 11.0 Å². The van der Waals surface area contributed by atoms with Crippen LogP contribution in [0.5, 0.6) is 0 Å². The van der Waals surface area contributed by atoms with Crippen LogP contribution in [0.2, 0.25) is 0 Å². The number of rotatable bonds is 12. The first kappa shape index (κ1) is 28.0. The smallest absolute Gasteiger partial charge is 0.275 e. The highest BCUT2D eigenvalue weighted by Crippen LogP contribution is 2.17. The maximum Gasteiger partial charge on any atom is 0.275 e. The van der Waals surface area contributed by atoms with Gasteiger partial charge in [-0.2, -0.15) is 0 Å². The molecule has 6 N–H and O–H groups in total. The molecule has 3 rings (SSSR count). The molecule has 0 aliphatic carbocycles. The van der Waals surface area contributed by atoms with Crippen molar-refractivity contribution in [2.75, 3.05) is 11.3 Å². The summed E-state index contributed by atoms with van der Waals surface area (Å²) in [5.74, 6) is -1.08. The average Bonchev–Trinajstić information content (AvgIpc) is 3.38. The van der Waals surface area contributed by atoms with Crippen molar-refractivity contribution in [3.05, 3.63) is 74.0 Å². The molecule has 0 aliphatic rings. The highest BCUT2D eigenvalue weighted by atomic mass is 79.9. The monoisotopic (exact) mass is 609 g/mol. The van der Waals surface area contributed by atoms with Crippen LogP contribution in [0.25, 0.3) is 0 Å². The number of Topliss-reactive ketones (excluding diaryl/α,β-unsaturated/α-hetero) is 1. The molecule has 0 aliphatic heterocycles. The normalized spacial score (nSPS) is 11.9. The van der Waals surface area contributed by atoms with Gasteiger partial charge in [0, 0.05) is 28.8 Å². The number of hydrogen-bond donors (Lipinski definition) is 4. The molecule has 37 heavy (non-hydrogen) atoms. The van der Waals surface area contributed by atoms with Crippen LogP contribution >= 0.6 is 27.3 Å². The van der Waals surface area contributed by atoms with Gasteiger partial charge in [0.2, 0.25) is 11.7 Å². The maximum absolute atomic E-state index is 12.9. The molecule has 0 saturated heterocycles. The molecular formula is C22H24BrN7O5S2. The van der Waals surface area contributed by atoms with Gasteiger partial charge >= 0.3 is 0 Å². The molecular weight excluding hydrogens is 586 g/mol. The van der Waals surface area contributed by atoms with Crippen LogP contribution < -0.4 is 27.1 Å². The first-order valence-electron chi connectivity index (χ1n) is 10.8. The zero-order chi connectivity index (χ0) is 27.0. The number of thiazole rings is 1. The van der Waals surface area contributed by atoms with Gasteiger partial charge in [-0.3, -0.25) is 24.1 Å². The number of aliphatic imine (C=N–C) groups is 1. The topological polar surface area (TPSA) is 192 Å². The predicted molar refractivity (Wildman–Crippen MR) is 144 cm³/mol. The number of aromatic nitrogens is 2. The third kappa shape index (κ3) is 7.96. The van der Waals surface area contributed by atoms with E-state index < -0.39 is 34.1 Å². The molecule has 2 heterocycles. The summed E-state index contributed by atoms with van der Waals surface area (Å²) >= 11 is 4.38. The fourth-order valence-electron chi connectivity index (χ4n) is 3.22. The fraction of sp³-hybridized carbons (Fsp3) is 0.227. The van der Waals surface area contributed by atoms with Crippen molar-refractivity contribution >= 4 is 60.6 Å². The molecule has 1 aromatic carbocycles. The second-order valence-electron chi connectivity index (χ2n) is 7.68. The minimum atomic E-state index is -4.04. The summed E-state index contributed by atoms with van der Waals surface area (Å²) in [7, 11) is -4.04. The fourth-order valence-corrected chi connectivity index (χ4v) is 5.17. The van der Waals surface area contributed by atoms with Gasteiger partial charge < -0.3 is 21.4 Å². The van der Waals surface area contributed by atoms with Crippen molar-refractivity contribution in [1.29, 1.82) is 0 Å². The number of nitrogens with zero attached hydrogens (tertiary/aromatic N) is 3. The molecule has 0 unspecified atom stereocenters. The molecule has 12 nitrogen and oxygen atoms in total. The molecule has 0 fully saturated rings. The summed E-state index contributed by atoms with van der Waals surface area (Å²) in [6.45, 7) is -0.178. The van der Waals surface area contributed by atoms with Crippen LogP contribution in [-0.4, -0.2) is 48.2 Å². The zero-order valence-electron chi connectivity index (χ0n) is 19.3. The van der Waals surface area contributed by atoms with Crippen LogP contribution in [-0.2, 0) is 21.4 Å². The number of guanidine groups is 1. The van der Waals surface area contributed by atoms with E-state index in [9.17, 15) is 22.8 Å². The van der Waals surface area contributed by atoms with Gasteiger partial charge in [0.1, 0.15) is 12.2 Å². The summed E-state index contributed by atoms with van der Waals surface area (Å²) in [5, 5.41) is 4.51. The Morgan fingerprint density at radius 3 is 2.57 bits per heavy atom. The van der Waals surface area contributed by atoms with Crippen molar-refractivity contribution in [1.82, 2.24) is 14.9 Å². The van der Waals surface area contributed by atoms with E-state index in [1.54, 1.807) is 17.5 Å². The number of ketones is 1. The van der Waals surface area contributed by atoms with Gasteiger partial charge in [-0.05, 0) is 49.2 Å². The van der Waals surface area contributed by atoms with E-state index >= 15 is 0 Å². The Morgan fingerprint density at radius 2 is 1.92 bits per heavy atom. The Balaban J connectivity index is 1.73. The highest BCUT2D eigenvalue weighted by molar-refractivity contribution is 9.10. The van der Waals surface area contributed by atoms with E-state index in [-0.39, 0.29) is 40.3 Å². The lowest BCUT2D eigenvalue weighted by Gasteiger charge is -2.17. The number of nitrogens with two attached hydrogens (primary N) is 2. The minimum absolute atomic E-state index is 0.0347. The number of carbonyl (C=O) groups is 2. The van der Waals surface area contributed by atoms with Crippen molar-refractivity contribution in [2.24, 2.45) is 16.5 Å². The second-order valence-corrected chi connectivity index (χ2v) is 11.2. The third-order valence-corrected chi connectivity index (χ3v) is 7.64. The summed E-state index contributed by atoms with van der Waals surface area (Å²) in [4.78, 5) is 46.4. The molecule has 0 radical (unpaired) electrons. The first-order chi connectivity index (χ1) is 17.6. The molecule has 0 spiro atoms. The van der Waals surface area contributed by atoms with Crippen LogP contribution in [0.15, 0.2) is 73.3 Å². The number of benzene rings is 1. The summed E-state index contributed by atoms with van der Waals surface area (Å²) in [5.41, 5.74) is 9.69. The molecule has 3 aromatic rings. The molecule has 1 amide bonds. The zero-order valence-corrected chi connectivity index (χ0v) is 22.6. The van der Waals surface area contributed by atoms with Crippen molar-refractivity contribution in [3.63, 3.8) is 0 Å². The van der Waals surface area contributed by atoms with E-state index in [1.165, 1.54) is 36.7 Å². The van der Waals surface area contributed by atoms with E-state index in [4.69, 9.17) is 11.5 Å². The van der Waals surface area contributed by atoms with Crippen LogP contribution in [0.3, 0.4) is 0 Å². The summed E-state index contributed by atoms with van der Waals surface area (Å²) in [6.07, 6.45) is 3.47. The number of nitrogens with one attached hydrogen (secondary N) is 2. The van der Waals surface area contributed by atoms with Crippen LogP contribution in [0.4, 0.5) is 5.69 Å². The number of pyridine rings is 1. The molecule has 15 heteroatoms. The Hall–Kier alpha value is -3.56. The van der Waals surface area contributed by atoms with Gasteiger partial charge in [0.25, 0.3) is 15.6 Å². The lowest BCUT2D eigenvalue weighted by atomic mass is 10.1. The van der Waals surface area contributed by atoms with Gasteiger partial charge in [-0.25, -0.2) is 13.4 Å². The number of hydrogen-bond acceptors (Lipinski definition) is 8. The Morgan fingerprint density at radius 1 is 1.19 bits per heavy atom. The Kier molecular flexibility index (Phi) is 9.54. The van der Waals surface area contributed by atoms with Gasteiger partial charge in [-0.1, -0.05) is 15.9 Å². The SMILES string of the molecule is NC(N)=NCCC[C@H](NC(=O)Cn1cccc(NS(=O)(=O)c2ccc(Br)cc2)c1=O)C(=O)c1nccs1. The van der Waals surface area contributed by atoms with Gasteiger partial charge in [0.05, 0.1) is 10.9 Å². The molecule has 0 saturated carbocycles. The number of carbonyl (C=O) groups excluding carboxylic acids is 2. The quantitative estimate of drug-likeness (QED) is 0.102. The van der Waals surface area contributed by atoms with E-state index in [0.717, 1.165) is 15.9 Å². The number of anilines is 1. The largest absolute Gasteiger partial charge is 0.370 e. The lowest BCUT2D eigenvalue weighted by Crippen LogP contribution is -2.43. The van der Waals surface area contributed by atoms with Crippen LogP contribution in [0.1, 0.15) is 22.6 Å². The van der Waals surface area contributed by atoms with Crippen molar-refractivity contribution < 1.29 is 18.0 Å². The van der Waals surface area contributed by atoms with E-state index in [0.29, 0.717) is 10.9 Å². The first-order valence-corrected chi connectivity index (χ1v) is 14.0.